The molecule has 0 fully saturated rings. The van der Waals surface area contributed by atoms with E-state index in [0.29, 0.717) is 37.1 Å². The minimum atomic E-state index is -0.301. The topological polar surface area (TPSA) is 111 Å². The van der Waals surface area contributed by atoms with Crippen LogP contribution in [-0.2, 0) is 21.4 Å². The average Bonchev–Trinajstić information content (AvgIpc) is 2.73. The van der Waals surface area contributed by atoms with Crippen molar-refractivity contribution in [1.29, 1.82) is 0 Å². The quantitative estimate of drug-likeness (QED) is 0.385. The molecule has 152 valence electrons. The lowest BCUT2D eigenvalue weighted by Gasteiger charge is -2.14. The first-order valence-corrected chi connectivity index (χ1v) is 11.4. The van der Waals surface area contributed by atoms with Crippen LogP contribution in [0.5, 0.6) is 0 Å². The second-order valence-electron chi connectivity index (χ2n) is 7.26. The number of carbonyl (C=O) groups excluding carboxylic acids is 2. The standard InChI is InChI=1S/C22H26N4O2S/c1-29(19-5-3-2-4-6-19)14-15-11-17-13-18(12-15)26-21(28)16(7-8-20(17)27)9-10-25-22(23)24/h2-6,11-13,16H,7-10,14H2,1H3,(H4-,23,24,25,26,28)/p+1/t16-,29?/m0/s1. The van der Waals surface area contributed by atoms with Crippen LogP contribution in [0.15, 0.2) is 58.4 Å². The second-order valence-corrected chi connectivity index (χ2v) is 9.29. The SMILES string of the molecule is C[S+](Cc1cc2cc(c1)C(=O)CC[C@@H](CCN=C(N)N)C(=O)N2)c1ccccc1. The second kappa shape index (κ2) is 9.60. The third-order valence-corrected chi connectivity index (χ3v) is 6.82. The molecule has 2 atom stereocenters. The highest BCUT2D eigenvalue weighted by Crippen LogP contribution is 2.26. The molecule has 1 heterocycles. The maximum Gasteiger partial charge on any atom is 0.227 e. The van der Waals surface area contributed by atoms with Crippen LogP contribution in [0.2, 0.25) is 0 Å². The summed E-state index contributed by atoms with van der Waals surface area (Å²) >= 11 is 0. The number of hydrogen-bond acceptors (Lipinski definition) is 3. The number of aliphatic imine (C=N–C) groups is 1. The number of anilines is 1. The zero-order valence-corrected chi connectivity index (χ0v) is 17.4. The van der Waals surface area contributed by atoms with Crippen molar-refractivity contribution in [3.63, 3.8) is 0 Å². The molecule has 0 aliphatic carbocycles. The molecule has 7 heteroatoms. The summed E-state index contributed by atoms with van der Waals surface area (Å²) in [6.45, 7) is 0.368. The van der Waals surface area contributed by atoms with E-state index in [9.17, 15) is 9.59 Å². The molecule has 6 nitrogen and oxygen atoms in total. The molecule has 0 saturated carbocycles. The Balaban J connectivity index is 1.79. The summed E-state index contributed by atoms with van der Waals surface area (Å²) in [4.78, 5) is 30.7. The lowest BCUT2D eigenvalue weighted by atomic mass is 9.96. The molecule has 5 N–H and O–H groups in total. The van der Waals surface area contributed by atoms with Gasteiger partial charge in [-0.1, -0.05) is 18.2 Å². The van der Waals surface area contributed by atoms with Crippen LogP contribution in [0.1, 0.15) is 35.2 Å². The fourth-order valence-corrected chi connectivity index (χ4v) is 4.90. The van der Waals surface area contributed by atoms with E-state index in [1.165, 1.54) is 4.90 Å². The molecule has 2 bridgehead atoms. The number of ketones is 1. The van der Waals surface area contributed by atoms with E-state index in [0.717, 1.165) is 11.3 Å². The zero-order chi connectivity index (χ0) is 20.8. The van der Waals surface area contributed by atoms with Crippen LogP contribution >= 0.6 is 0 Å². The Labute approximate surface area is 174 Å². The van der Waals surface area contributed by atoms with Gasteiger partial charge in [-0.25, -0.2) is 0 Å². The Hall–Kier alpha value is -2.80. The van der Waals surface area contributed by atoms with Gasteiger partial charge in [0.2, 0.25) is 5.91 Å². The van der Waals surface area contributed by atoms with Gasteiger partial charge in [0, 0.05) is 46.6 Å². The fraction of sp³-hybridized carbons (Fsp3) is 0.318. The highest BCUT2D eigenvalue weighted by atomic mass is 32.2. The van der Waals surface area contributed by atoms with Crippen molar-refractivity contribution in [2.45, 2.75) is 29.9 Å². The van der Waals surface area contributed by atoms with Crippen LogP contribution in [0.3, 0.4) is 0 Å². The summed E-state index contributed by atoms with van der Waals surface area (Å²) in [5.41, 5.74) is 13.1. The van der Waals surface area contributed by atoms with Gasteiger partial charge in [0.15, 0.2) is 16.6 Å². The molecule has 0 saturated heterocycles. The average molecular weight is 412 g/mol. The van der Waals surface area contributed by atoms with Crippen molar-refractivity contribution in [2.75, 3.05) is 18.1 Å². The monoisotopic (exact) mass is 411 g/mol. The number of benzene rings is 2. The summed E-state index contributed by atoms with van der Waals surface area (Å²) in [7, 11) is 0.00858. The predicted octanol–water partition coefficient (Wildman–Crippen LogP) is 2.69. The number of guanidine groups is 1. The predicted molar refractivity (Wildman–Crippen MR) is 119 cm³/mol. The van der Waals surface area contributed by atoms with Gasteiger partial charge in [-0.15, -0.1) is 0 Å². The molecule has 1 amide bonds. The third kappa shape index (κ3) is 5.84. The molecule has 3 rings (SSSR count). The number of amides is 1. The van der Waals surface area contributed by atoms with E-state index >= 15 is 0 Å². The molecule has 29 heavy (non-hydrogen) atoms. The highest BCUT2D eigenvalue weighted by Gasteiger charge is 2.24. The van der Waals surface area contributed by atoms with Crippen molar-refractivity contribution in [3.8, 4) is 0 Å². The number of nitrogens with two attached hydrogens (primary N) is 2. The van der Waals surface area contributed by atoms with Crippen LogP contribution in [0.25, 0.3) is 0 Å². The number of carbonyl (C=O) groups is 2. The van der Waals surface area contributed by atoms with Gasteiger partial charge in [0.05, 0.1) is 0 Å². The van der Waals surface area contributed by atoms with E-state index in [1.807, 2.05) is 30.3 Å². The number of nitrogens with zero attached hydrogens (tertiary/aromatic N) is 1. The minimum Gasteiger partial charge on any atom is -0.370 e. The smallest absolute Gasteiger partial charge is 0.227 e. The number of nitrogens with one attached hydrogen (secondary N) is 1. The lowest BCUT2D eigenvalue weighted by molar-refractivity contribution is -0.120. The number of fused-ring (bicyclic) bond motifs is 2. The number of Topliss-reactive ketones (excluding diaryl/α,β-unsaturated/α-hetero) is 1. The van der Waals surface area contributed by atoms with Crippen molar-refractivity contribution in [1.82, 2.24) is 0 Å². The van der Waals surface area contributed by atoms with E-state index in [1.54, 1.807) is 6.07 Å². The van der Waals surface area contributed by atoms with Crippen molar-refractivity contribution in [3.05, 3.63) is 59.7 Å². The lowest BCUT2D eigenvalue weighted by Crippen LogP contribution is -2.26. The van der Waals surface area contributed by atoms with Gasteiger partial charge < -0.3 is 16.8 Å². The number of rotatable bonds is 6. The first-order valence-electron chi connectivity index (χ1n) is 9.63. The Morgan fingerprint density at radius 1 is 1.17 bits per heavy atom. The van der Waals surface area contributed by atoms with Crippen molar-refractivity contribution >= 4 is 34.2 Å². The molecule has 0 radical (unpaired) electrons. The van der Waals surface area contributed by atoms with Crippen LogP contribution in [0.4, 0.5) is 5.69 Å². The van der Waals surface area contributed by atoms with Gasteiger partial charge in [-0.3, -0.25) is 14.6 Å². The summed E-state index contributed by atoms with van der Waals surface area (Å²) in [5, 5.41) is 2.99. The fourth-order valence-electron chi connectivity index (χ4n) is 3.44. The zero-order valence-electron chi connectivity index (χ0n) is 16.6. The van der Waals surface area contributed by atoms with Gasteiger partial charge in [0.1, 0.15) is 12.0 Å². The summed E-state index contributed by atoms with van der Waals surface area (Å²) < 4.78 is 0. The summed E-state index contributed by atoms with van der Waals surface area (Å²) in [6.07, 6.45) is 3.52. The molecule has 1 aliphatic heterocycles. The molecule has 0 spiro atoms. The van der Waals surface area contributed by atoms with Gasteiger partial charge >= 0.3 is 0 Å². The highest BCUT2D eigenvalue weighted by molar-refractivity contribution is 7.95. The van der Waals surface area contributed by atoms with Crippen molar-refractivity contribution in [2.24, 2.45) is 22.4 Å². The Morgan fingerprint density at radius 2 is 1.93 bits per heavy atom. The van der Waals surface area contributed by atoms with E-state index in [2.05, 4.69) is 28.7 Å². The van der Waals surface area contributed by atoms with Gasteiger partial charge in [-0.05, 0) is 43.2 Å². The molecule has 0 aromatic heterocycles. The minimum absolute atomic E-state index is 0.00853. The molecular weight excluding hydrogens is 384 g/mol. The summed E-state index contributed by atoms with van der Waals surface area (Å²) in [5.74, 6) is 0.500. The molecule has 2 aromatic rings. The molecule has 1 aliphatic rings. The first-order chi connectivity index (χ1) is 13.9. The molecular formula is C22H27N4O2S+. The third-order valence-electron chi connectivity index (χ3n) is 4.97. The maximum absolute atomic E-state index is 12.7. The maximum atomic E-state index is 12.7. The normalized spacial score (nSPS) is 17.5. The largest absolute Gasteiger partial charge is 0.370 e. The Morgan fingerprint density at radius 3 is 2.66 bits per heavy atom. The van der Waals surface area contributed by atoms with E-state index in [-0.39, 0.29) is 34.5 Å². The van der Waals surface area contributed by atoms with Gasteiger partial charge in [-0.2, -0.15) is 0 Å². The Kier molecular flexibility index (Phi) is 6.93. The first kappa shape index (κ1) is 20.9. The summed E-state index contributed by atoms with van der Waals surface area (Å²) in [6, 6.07) is 16.0. The number of hydrogen-bond donors (Lipinski definition) is 3. The Bertz CT molecular complexity index is 910. The van der Waals surface area contributed by atoms with Crippen LogP contribution in [0, 0.1) is 5.92 Å². The molecule has 1 unspecified atom stereocenters. The van der Waals surface area contributed by atoms with Crippen LogP contribution < -0.4 is 16.8 Å². The molecule has 2 aromatic carbocycles. The van der Waals surface area contributed by atoms with Crippen LogP contribution in [-0.4, -0.2) is 30.5 Å². The van der Waals surface area contributed by atoms with Crippen molar-refractivity contribution < 1.29 is 9.59 Å². The van der Waals surface area contributed by atoms with Gasteiger partial charge in [0.25, 0.3) is 0 Å². The van der Waals surface area contributed by atoms with E-state index in [4.69, 9.17) is 11.5 Å². The van der Waals surface area contributed by atoms with E-state index < -0.39 is 0 Å².